The van der Waals surface area contributed by atoms with Crippen LogP contribution in [0.4, 0.5) is 11.5 Å². The summed E-state index contributed by atoms with van der Waals surface area (Å²) in [4.78, 5) is 8.33. The molecule has 0 fully saturated rings. The molecule has 4 nitrogen and oxygen atoms in total. The largest absolute Gasteiger partial charge is 0.384 e. The van der Waals surface area contributed by atoms with Crippen molar-refractivity contribution in [2.75, 3.05) is 11.1 Å². The Hall–Kier alpha value is -2.10. The van der Waals surface area contributed by atoms with E-state index in [0.29, 0.717) is 18.2 Å². The van der Waals surface area contributed by atoms with E-state index in [4.69, 9.17) is 5.73 Å². The first-order valence-electron chi connectivity index (χ1n) is 5.96. The van der Waals surface area contributed by atoms with E-state index in [9.17, 15) is 0 Å². The van der Waals surface area contributed by atoms with Gasteiger partial charge in [-0.15, -0.1) is 0 Å². The molecule has 0 radical (unpaired) electrons. The molecule has 1 aromatic heterocycles. The molecule has 0 amide bonds. The Morgan fingerprint density at radius 2 is 1.89 bits per heavy atom. The van der Waals surface area contributed by atoms with E-state index in [1.165, 1.54) is 16.7 Å². The highest BCUT2D eigenvalue weighted by Gasteiger charge is 2.04. The van der Waals surface area contributed by atoms with Gasteiger partial charge in [0.2, 0.25) is 0 Å². The number of hydrogen-bond acceptors (Lipinski definition) is 4. The molecule has 94 valence electrons. The Bertz CT molecular complexity index is 564. The summed E-state index contributed by atoms with van der Waals surface area (Å²) in [7, 11) is 0. The molecule has 0 atom stereocenters. The Balaban J connectivity index is 2.14. The SMILES string of the molecule is Cc1ccc(NCc2nccc(N)n2)c(C)c1C. The lowest BCUT2D eigenvalue weighted by Gasteiger charge is -2.12. The number of nitrogens with zero attached hydrogens (tertiary/aromatic N) is 2. The molecule has 4 heteroatoms. The molecule has 2 rings (SSSR count). The molecule has 18 heavy (non-hydrogen) atoms. The minimum atomic E-state index is 0.499. The van der Waals surface area contributed by atoms with Crippen molar-refractivity contribution in [2.24, 2.45) is 0 Å². The van der Waals surface area contributed by atoms with Crippen molar-refractivity contribution in [1.29, 1.82) is 0 Å². The minimum Gasteiger partial charge on any atom is -0.384 e. The second-order valence-electron chi connectivity index (χ2n) is 4.43. The van der Waals surface area contributed by atoms with Gasteiger partial charge in [-0.2, -0.15) is 0 Å². The predicted molar refractivity (Wildman–Crippen MR) is 74.4 cm³/mol. The van der Waals surface area contributed by atoms with Crippen LogP contribution in [0.15, 0.2) is 24.4 Å². The second kappa shape index (κ2) is 5.04. The van der Waals surface area contributed by atoms with Gasteiger partial charge in [-0.25, -0.2) is 9.97 Å². The van der Waals surface area contributed by atoms with Crippen LogP contribution in [0.2, 0.25) is 0 Å². The summed E-state index contributed by atoms with van der Waals surface area (Å²) in [6, 6.07) is 5.89. The van der Waals surface area contributed by atoms with Gasteiger partial charge in [0, 0.05) is 11.9 Å². The topological polar surface area (TPSA) is 63.8 Å². The molecule has 2 aromatic rings. The number of nitrogens with two attached hydrogens (primary N) is 1. The van der Waals surface area contributed by atoms with Crippen molar-refractivity contribution in [3.63, 3.8) is 0 Å². The van der Waals surface area contributed by atoms with Gasteiger partial charge in [-0.3, -0.25) is 0 Å². The first-order chi connectivity index (χ1) is 8.58. The van der Waals surface area contributed by atoms with Gasteiger partial charge in [0.25, 0.3) is 0 Å². The fourth-order valence-electron chi connectivity index (χ4n) is 1.82. The van der Waals surface area contributed by atoms with Crippen molar-refractivity contribution in [1.82, 2.24) is 9.97 Å². The maximum atomic E-state index is 5.62. The zero-order valence-corrected chi connectivity index (χ0v) is 11.0. The number of nitrogen functional groups attached to an aromatic ring is 1. The standard InChI is InChI=1S/C14H18N4/c1-9-4-5-12(11(3)10(9)2)17-8-14-16-7-6-13(15)18-14/h4-7,17H,8H2,1-3H3,(H2,15,16,18). The molecule has 0 aliphatic rings. The van der Waals surface area contributed by atoms with Crippen LogP contribution in [0, 0.1) is 20.8 Å². The highest BCUT2D eigenvalue weighted by atomic mass is 15.0. The normalized spacial score (nSPS) is 10.4. The van der Waals surface area contributed by atoms with Crippen LogP contribution in [-0.4, -0.2) is 9.97 Å². The number of nitrogens with one attached hydrogen (secondary N) is 1. The molecule has 1 aromatic carbocycles. The number of aromatic nitrogens is 2. The van der Waals surface area contributed by atoms with Crippen molar-refractivity contribution < 1.29 is 0 Å². The Kier molecular flexibility index (Phi) is 3.46. The van der Waals surface area contributed by atoms with Gasteiger partial charge in [0.05, 0.1) is 6.54 Å². The molecule has 0 unspecified atom stereocenters. The molecule has 0 saturated heterocycles. The molecule has 0 bridgehead atoms. The highest BCUT2D eigenvalue weighted by molar-refractivity contribution is 5.56. The monoisotopic (exact) mass is 242 g/mol. The third-order valence-electron chi connectivity index (χ3n) is 3.22. The summed E-state index contributed by atoms with van der Waals surface area (Å²) in [6.07, 6.45) is 1.67. The van der Waals surface area contributed by atoms with E-state index in [0.717, 1.165) is 5.69 Å². The highest BCUT2D eigenvalue weighted by Crippen LogP contribution is 2.21. The van der Waals surface area contributed by atoms with Crippen LogP contribution in [0.1, 0.15) is 22.5 Å². The number of aryl methyl sites for hydroxylation is 1. The van der Waals surface area contributed by atoms with Gasteiger partial charge < -0.3 is 11.1 Å². The Morgan fingerprint density at radius 3 is 2.61 bits per heavy atom. The first-order valence-corrected chi connectivity index (χ1v) is 5.96. The van der Waals surface area contributed by atoms with Gasteiger partial charge in [-0.05, 0) is 49.6 Å². The van der Waals surface area contributed by atoms with Crippen molar-refractivity contribution in [3.8, 4) is 0 Å². The van der Waals surface area contributed by atoms with Crippen molar-refractivity contribution >= 4 is 11.5 Å². The van der Waals surface area contributed by atoms with Gasteiger partial charge in [0.15, 0.2) is 0 Å². The summed E-state index contributed by atoms with van der Waals surface area (Å²) in [5.74, 6) is 1.20. The molecule has 0 saturated carbocycles. The molecule has 3 N–H and O–H groups in total. The molecular formula is C14H18N4. The van der Waals surface area contributed by atoms with Crippen LogP contribution in [-0.2, 0) is 6.54 Å². The lowest BCUT2D eigenvalue weighted by Crippen LogP contribution is -2.07. The van der Waals surface area contributed by atoms with Crippen LogP contribution < -0.4 is 11.1 Å². The fraction of sp³-hybridized carbons (Fsp3) is 0.286. The average molecular weight is 242 g/mol. The summed E-state index contributed by atoms with van der Waals surface area (Å²) >= 11 is 0. The quantitative estimate of drug-likeness (QED) is 0.868. The number of anilines is 2. The van der Waals surface area contributed by atoms with E-state index in [2.05, 4.69) is 48.2 Å². The Morgan fingerprint density at radius 1 is 1.11 bits per heavy atom. The predicted octanol–water partition coefficient (Wildman–Crippen LogP) is 2.60. The number of benzene rings is 1. The van der Waals surface area contributed by atoms with Gasteiger partial charge in [-0.1, -0.05) is 6.07 Å². The third kappa shape index (κ3) is 2.59. The molecule has 0 aliphatic carbocycles. The van der Waals surface area contributed by atoms with Crippen LogP contribution in [0.25, 0.3) is 0 Å². The van der Waals surface area contributed by atoms with Crippen LogP contribution >= 0.6 is 0 Å². The van der Waals surface area contributed by atoms with Gasteiger partial charge in [0.1, 0.15) is 11.6 Å². The zero-order chi connectivity index (χ0) is 13.1. The van der Waals surface area contributed by atoms with Crippen LogP contribution in [0.5, 0.6) is 0 Å². The fourth-order valence-corrected chi connectivity index (χ4v) is 1.82. The Labute approximate surface area is 107 Å². The van der Waals surface area contributed by atoms with E-state index < -0.39 is 0 Å². The minimum absolute atomic E-state index is 0.499. The van der Waals surface area contributed by atoms with Crippen LogP contribution in [0.3, 0.4) is 0 Å². The van der Waals surface area contributed by atoms with Crippen molar-refractivity contribution in [2.45, 2.75) is 27.3 Å². The lowest BCUT2D eigenvalue weighted by atomic mass is 10.0. The second-order valence-corrected chi connectivity index (χ2v) is 4.43. The molecule has 0 aliphatic heterocycles. The van der Waals surface area contributed by atoms with Crippen molar-refractivity contribution in [3.05, 3.63) is 46.9 Å². The lowest BCUT2D eigenvalue weighted by molar-refractivity contribution is 0.951. The molecule has 0 spiro atoms. The summed E-state index contributed by atoms with van der Waals surface area (Å²) in [5.41, 5.74) is 10.6. The third-order valence-corrected chi connectivity index (χ3v) is 3.22. The maximum Gasteiger partial charge on any atom is 0.149 e. The maximum absolute atomic E-state index is 5.62. The molecular weight excluding hydrogens is 224 g/mol. The number of rotatable bonds is 3. The van der Waals surface area contributed by atoms with Gasteiger partial charge >= 0.3 is 0 Å². The van der Waals surface area contributed by atoms with E-state index in [1.807, 2.05) is 0 Å². The van der Waals surface area contributed by atoms with E-state index in [1.54, 1.807) is 12.3 Å². The summed E-state index contributed by atoms with van der Waals surface area (Å²) < 4.78 is 0. The number of hydrogen-bond donors (Lipinski definition) is 2. The summed E-state index contributed by atoms with van der Waals surface area (Å²) in [6.45, 7) is 6.94. The zero-order valence-electron chi connectivity index (χ0n) is 11.0. The first kappa shape index (κ1) is 12.4. The molecule has 1 heterocycles. The average Bonchev–Trinajstić information content (AvgIpc) is 2.35. The van der Waals surface area contributed by atoms with E-state index >= 15 is 0 Å². The van der Waals surface area contributed by atoms with E-state index in [-0.39, 0.29) is 0 Å². The summed E-state index contributed by atoms with van der Waals surface area (Å²) in [5, 5.41) is 3.34. The smallest absolute Gasteiger partial charge is 0.149 e.